The quantitative estimate of drug-likeness (QED) is 0.629. The maximum atomic E-state index is 13.1. The molecule has 3 nitrogen and oxygen atoms in total. The van der Waals surface area contributed by atoms with E-state index >= 15 is 0 Å². The molecule has 3 N–H and O–H groups in total. The molecule has 0 bridgehead atoms. The fourth-order valence-corrected chi connectivity index (χ4v) is 2.25. The van der Waals surface area contributed by atoms with Crippen LogP contribution in [0.1, 0.15) is 5.56 Å². The molecule has 1 unspecified atom stereocenters. The number of halogens is 3. The highest BCUT2D eigenvalue weighted by Gasteiger charge is 2.10. The second kappa shape index (κ2) is 7.61. The maximum absolute atomic E-state index is 13.1. The average molecular weight is 329 g/mol. The van der Waals surface area contributed by atoms with E-state index in [0.29, 0.717) is 23.8 Å². The van der Waals surface area contributed by atoms with Crippen LogP contribution >= 0.6 is 23.2 Å². The van der Waals surface area contributed by atoms with Crippen LogP contribution in [0.5, 0.6) is 5.75 Å². The Hall–Kier alpha value is -1.33. The fraction of sp³-hybridized carbons (Fsp3) is 0.200. The molecule has 0 heterocycles. The summed E-state index contributed by atoms with van der Waals surface area (Å²) in [5.41, 5.74) is 3.55. The summed E-state index contributed by atoms with van der Waals surface area (Å²) < 4.78 is 18.7. The maximum Gasteiger partial charge on any atom is 0.141 e. The third-order valence-corrected chi connectivity index (χ3v) is 3.47. The van der Waals surface area contributed by atoms with Crippen molar-refractivity contribution in [2.75, 3.05) is 6.61 Å². The minimum Gasteiger partial charge on any atom is -0.492 e. The fourth-order valence-electron chi connectivity index (χ4n) is 1.87. The number of hydrazine groups is 1. The first-order valence-electron chi connectivity index (χ1n) is 6.37. The molecule has 0 aliphatic carbocycles. The molecular weight excluding hydrogens is 314 g/mol. The van der Waals surface area contributed by atoms with Gasteiger partial charge in [-0.1, -0.05) is 35.3 Å². The Kier molecular flexibility index (Phi) is 5.82. The van der Waals surface area contributed by atoms with Crippen molar-refractivity contribution in [1.29, 1.82) is 0 Å². The van der Waals surface area contributed by atoms with Crippen LogP contribution in [0.15, 0.2) is 42.5 Å². The van der Waals surface area contributed by atoms with Gasteiger partial charge >= 0.3 is 0 Å². The molecule has 2 aromatic carbocycles. The first-order valence-corrected chi connectivity index (χ1v) is 7.12. The van der Waals surface area contributed by atoms with Gasteiger partial charge in [0.05, 0.1) is 11.1 Å². The molecule has 112 valence electrons. The van der Waals surface area contributed by atoms with Gasteiger partial charge in [0.1, 0.15) is 18.2 Å². The summed E-state index contributed by atoms with van der Waals surface area (Å²) >= 11 is 11.6. The van der Waals surface area contributed by atoms with E-state index < -0.39 is 5.82 Å². The van der Waals surface area contributed by atoms with Gasteiger partial charge in [0, 0.05) is 5.02 Å². The van der Waals surface area contributed by atoms with Crippen LogP contribution in [-0.4, -0.2) is 12.6 Å². The van der Waals surface area contributed by atoms with E-state index in [1.165, 1.54) is 6.07 Å². The minimum atomic E-state index is -0.437. The Morgan fingerprint density at radius 3 is 2.67 bits per heavy atom. The molecular formula is C15H15Cl2FN2O. The zero-order valence-corrected chi connectivity index (χ0v) is 12.7. The van der Waals surface area contributed by atoms with Crippen molar-refractivity contribution in [2.45, 2.75) is 12.5 Å². The number of ether oxygens (including phenoxy) is 1. The Bertz CT molecular complexity index is 610. The first-order chi connectivity index (χ1) is 10.1. The molecule has 0 aromatic heterocycles. The first kappa shape index (κ1) is 16.0. The highest BCUT2D eigenvalue weighted by molar-refractivity contribution is 6.31. The molecule has 0 saturated carbocycles. The Morgan fingerprint density at radius 2 is 2.00 bits per heavy atom. The van der Waals surface area contributed by atoms with Crippen LogP contribution in [-0.2, 0) is 6.42 Å². The summed E-state index contributed by atoms with van der Waals surface area (Å²) in [6.45, 7) is 0.353. The van der Waals surface area contributed by atoms with Gasteiger partial charge in [-0.15, -0.1) is 0 Å². The lowest BCUT2D eigenvalue weighted by atomic mass is 10.1. The van der Waals surface area contributed by atoms with Crippen LogP contribution in [0, 0.1) is 5.82 Å². The average Bonchev–Trinajstić information content (AvgIpc) is 2.47. The third kappa shape index (κ3) is 4.86. The van der Waals surface area contributed by atoms with Gasteiger partial charge < -0.3 is 4.74 Å². The zero-order valence-electron chi connectivity index (χ0n) is 11.2. The molecule has 0 saturated heterocycles. The standard InChI is InChI=1S/C15H15Cl2FN2O/c16-11-2-1-3-13(8-11)21-9-12(20-19)6-10-4-5-15(18)14(17)7-10/h1-5,7-8,12,20H,6,9,19H2. The number of benzene rings is 2. The monoisotopic (exact) mass is 328 g/mol. The molecule has 0 fully saturated rings. The van der Waals surface area contributed by atoms with Gasteiger partial charge in [0.25, 0.3) is 0 Å². The lowest BCUT2D eigenvalue weighted by Crippen LogP contribution is -2.41. The minimum absolute atomic E-state index is 0.0963. The molecule has 2 aromatic rings. The lowest BCUT2D eigenvalue weighted by molar-refractivity contribution is 0.264. The molecule has 0 radical (unpaired) electrons. The van der Waals surface area contributed by atoms with Crippen LogP contribution in [0.2, 0.25) is 10.0 Å². The predicted molar refractivity (Wildman–Crippen MR) is 83.2 cm³/mol. The predicted octanol–water partition coefficient (Wildman–Crippen LogP) is 3.59. The highest BCUT2D eigenvalue weighted by Crippen LogP contribution is 2.19. The smallest absolute Gasteiger partial charge is 0.141 e. The SMILES string of the molecule is NNC(COc1cccc(Cl)c1)Cc1ccc(F)c(Cl)c1. The van der Waals surface area contributed by atoms with E-state index in [4.69, 9.17) is 33.8 Å². The van der Waals surface area contributed by atoms with Crippen molar-refractivity contribution in [2.24, 2.45) is 5.84 Å². The van der Waals surface area contributed by atoms with Crippen LogP contribution in [0.25, 0.3) is 0 Å². The number of hydrogen-bond acceptors (Lipinski definition) is 3. The summed E-state index contributed by atoms with van der Waals surface area (Å²) in [5, 5.41) is 0.703. The van der Waals surface area contributed by atoms with E-state index in [0.717, 1.165) is 5.56 Å². The van der Waals surface area contributed by atoms with Gasteiger partial charge in [-0.3, -0.25) is 11.3 Å². The highest BCUT2D eigenvalue weighted by atomic mass is 35.5. The van der Waals surface area contributed by atoms with Crippen molar-refractivity contribution < 1.29 is 9.13 Å². The number of nitrogens with one attached hydrogen (secondary N) is 1. The van der Waals surface area contributed by atoms with E-state index in [1.54, 1.807) is 24.3 Å². The van der Waals surface area contributed by atoms with Crippen molar-refractivity contribution in [3.63, 3.8) is 0 Å². The van der Waals surface area contributed by atoms with Gasteiger partial charge in [-0.05, 0) is 42.3 Å². The molecule has 0 spiro atoms. The number of rotatable bonds is 6. The number of nitrogens with two attached hydrogens (primary N) is 1. The normalized spacial score (nSPS) is 12.2. The summed E-state index contributed by atoms with van der Waals surface area (Å²) in [7, 11) is 0. The molecule has 6 heteroatoms. The zero-order chi connectivity index (χ0) is 15.2. The Labute approximate surface area is 132 Å². The summed E-state index contributed by atoms with van der Waals surface area (Å²) in [4.78, 5) is 0. The van der Waals surface area contributed by atoms with Gasteiger partial charge in [0.15, 0.2) is 0 Å². The molecule has 1 atom stereocenters. The molecule has 0 aliphatic rings. The summed E-state index contributed by atoms with van der Waals surface area (Å²) in [5.74, 6) is 5.75. The summed E-state index contributed by atoms with van der Waals surface area (Å²) in [6.07, 6.45) is 0.567. The van der Waals surface area contributed by atoms with Crippen molar-refractivity contribution in [3.8, 4) is 5.75 Å². The Balaban J connectivity index is 1.95. The second-order valence-corrected chi connectivity index (χ2v) is 5.43. The topological polar surface area (TPSA) is 47.3 Å². The molecule has 21 heavy (non-hydrogen) atoms. The van der Waals surface area contributed by atoms with Gasteiger partial charge in [0.2, 0.25) is 0 Å². The van der Waals surface area contributed by atoms with E-state index in [2.05, 4.69) is 5.43 Å². The Morgan fingerprint density at radius 1 is 1.19 bits per heavy atom. The number of hydrogen-bond donors (Lipinski definition) is 2. The lowest BCUT2D eigenvalue weighted by Gasteiger charge is -2.17. The van der Waals surface area contributed by atoms with Crippen LogP contribution < -0.4 is 16.0 Å². The van der Waals surface area contributed by atoms with E-state index in [-0.39, 0.29) is 11.1 Å². The largest absolute Gasteiger partial charge is 0.492 e. The van der Waals surface area contributed by atoms with Crippen LogP contribution in [0.3, 0.4) is 0 Å². The summed E-state index contributed by atoms with van der Waals surface area (Å²) in [6, 6.07) is 11.6. The van der Waals surface area contributed by atoms with Crippen molar-refractivity contribution >= 4 is 23.2 Å². The van der Waals surface area contributed by atoms with Gasteiger partial charge in [-0.2, -0.15) is 0 Å². The van der Waals surface area contributed by atoms with Gasteiger partial charge in [-0.25, -0.2) is 4.39 Å². The van der Waals surface area contributed by atoms with Crippen molar-refractivity contribution in [3.05, 3.63) is 63.9 Å². The van der Waals surface area contributed by atoms with E-state index in [1.807, 2.05) is 12.1 Å². The van der Waals surface area contributed by atoms with E-state index in [9.17, 15) is 4.39 Å². The molecule has 2 rings (SSSR count). The second-order valence-electron chi connectivity index (χ2n) is 4.58. The molecule has 0 aliphatic heterocycles. The van der Waals surface area contributed by atoms with Crippen LogP contribution in [0.4, 0.5) is 4.39 Å². The third-order valence-electron chi connectivity index (χ3n) is 2.95. The van der Waals surface area contributed by atoms with Crippen molar-refractivity contribution in [1.82, 2.24) is 5.43 Å². The molecule has 0 amide bonds.